The predicted octanol–water partition coefficient (Wildman–Crippen LogP) is 8.42. The number of nitrogens with zero attached hydrogens (tertiary/aromatic N) is 4. The van der Waals surface area contributed by atoms with E-state index in [-0.39, 0.29) is 23.1 Å². The number of aromatic nitrogens is 4. The van der Waals surface area contributed by atoms with E-state index in [0.717, 1.165) is 51.8 Å². The Morgan fingerprint density at radius 3 is 1.53 bits per heavy atom. The van der Waals surface area contributed by atoms with Gasteiger partial charge in [0.05, 0.1) is 39.6 Å². The van der Waals surface area contributed by atoms with Crippen LogP contribution in [-0.2, 0) is 0 Å². The first-order valence-corrected chi connectivity index (χ1v) is 18.1. The highest BCUT2D eigenvalue weighted by Gasteiger charge is 2.34. The predicted molar refractivity (Wildman–Crippen MR) is 192 cm³/mol. The monoisotopic (exact) mass is 716 g/mol. The molecule has 0 N–H and O–H groups in total. The minimum atomic E-state index is -0.204. The molecular formula is C34H25ClN4O4S4. The lowest BCUT2D eigenvalue weighted by Crippen LogP contribution is -2.21. The number of fused-ring (bicyclic) bond motifs is 8. The van der Waals surface area contributed by atoms with Crippen LogP contribution in [-0.4, -0.2) is 52.1 Å². The average Bonchev–Trinajstić information content (AvgIpc) is 3.80. The number of hydrogen-bond acceptors (Lipinski definition) is 12. The van der Waals surface area contributed by atoms with Gasteiger partial charge in [-0.05, 0) is 36.5 Å². The molecule has 13 heteroatoms. The number of thiol groups is 1. The van der Waals surface area contributed by atoms with E-state index in [1.165, 1.54) is 12.5 Å². The maximum Gasteiger partial charge on any atom is 0.196 e. The standard InChI is InChI=1S/C17H12N2O2S2.C14H5ClN2O2S.C3H8S/c1-2-7-22-12-8-11-13(15-14(12)18-23-19-15)17(21)10-6-4-3-5-9(10)16(11)20;15-9-5-8-10(12-11(9)16-20-17-12)14(19)7-4-2-1-3-6(7)13(8)18;1-2-3-4/h3-6,8H,2,7H2,1H3;1-5H;4H,2-3H2,1H3. The number of benzene rings is 4. The van der Waals surface area contributed by atoms with Gasteiger partial charge < -0.3 is 0 Å². The van der Waals surface area contributed by atoms with E-state index >= 15 is 0 Å². The summed E-state index contributed by atoms with van der Waals surface area (Å²) in [6, 6.07) is 17.1. The molecule has 2 heterocycles. The van der Waals surface area contributed by atoms with Crippen LogP contribution in [0.3, 0.4) is 0 Å². The number of rotatable bonds is 4. The zero-order valence-corrected chi connectivity index (χ0v) is 29.2. The van der Waals surface area contributed by atoms with Crippen molar-refractivity contribution in [1.29, 1.82) is 0 Å². The molecular weight excluding hydrogens is 692 g/mol. The molecule has 0 saturated heterocycles. The smallest absolute Gasteiger partial charge is 0.196 e. The van der Waals surface area contributed by atoms with E-state index < -0.39 is 0 Å². The van der Waals surface area contributed by atoms with Crippen molar-refractivity contribution in [2.45, 2.75) is 31.6 Å². The molecule has 0 bridgehead atoms. The van der Waals surface area contributed by atoms with Gasteiger partial charge in [0.2, 0.25) is 0 Å². The number of carbonyl (C=O) groups is 4. The van der Waals surface area contributed by atoms with Crippen molar-refractivity contribution in [2.24, 2.45) is 0 Å². The zero-order valence-electron chi connectivity index (χ0n) is 25.1. The number of ketones is 4. The summed E-state index contributed by atoms with van der Waals surface area (Å²) in [5.74, 6) is 1.30. The lowest BCUT2D eigenvalue weighted by Gasteiger charge is -2.18. The van der Waals surface area contributed by atoms with Crippen molar-refractivity contribution in [1.82, 2.24) is 17.5 Å². The Kier molecular flexibility index (Phi) is 9.95. The molecule has 0 amide bonds. The molecule has 8 rings (SSSR count). The van der Waals surface area contributed by atoms with Crippen LogP contribution >= 0.6 is 59.4 Å². The second-order valence-electron chi connectivity index (χ2n) is 10.5. The molecule has 0 atom stereocenters. The van der Waals surface area contributed by atoms with Crippen LogP contribution < -0.4 is 0 Å². The summed E-state index contributed by atoms with van der Waals surface area (Å²) in [6.07, 6.45) is 2.21. The molecule has 8 nitrogen and oxygen atoms in total. The van der Waals surface area contributed by atoms with Gasteiger partial charge in [0.25, 0.3) is 0 Å². The van der Waals surface area contributed by atoms with Crippen LogP contribution in [0.2, 0.25) is 5.02 Å². The summed E-state index contributed by atoms with van der Waals surface area (Å²) in [5, 5.41) is 0.341. The SMILES string of the molecule is CCCS.CCCSc1cc2c(c3nsnc13)C(=O)c1ccccc1C2=O.O=C1c2ccccc2C(=O)c2c1cc(Cl)c1nsnc21. The van der Waals surface area contributed by atoms with Gasteiger partial charge in [-0.25, -0.2) is 0 Å². The lowest BCUT2D eigenvalue weighted by molar-refractivity contribution is 0.0980. The molecule has 0 saturated carbocycles. The van der Waals surface area contributed by atoms with Gasteiger partial charge >= 0.3 is 0 Å². The Morgan fingerprint density at radius 1 is 0.617 bits per heavy atom. The Hall–Kier alpha value is -3.81. The summed E-state index contributed by atoms with van der Waals surface area (Å²) < 4.78 is 16.8. The summed E-state index contributed by atoms with van der Waals surface area (Å²) in [7, 11) is 0. The molecule has 2 aliphatic carbocycles. The van der Waals surface area contributed by atoms with Crippen LogP contribution in [0.4, 0.5) is 0 Å². The van der Waals surface area contributed by atoms with Crippen molar-refractivity contribution < 1.29 is 19.2 Å². The van der Waals surface area contributed by atoms with Crippen LogP contribution in [0.1, 0.15) is 90.4 Å². The first-order chi connectivity index (χ1) is 22.8. The molecule has 2 aromatic heterocycles. The Balaban J connectivity index is 0.000000149. The van der Waals surface area contributed by atoms with Gasteiger partial charge in [-0.2, -0.15) is 30.1 Å². The Morgan fingerprint density at radius 2 is 1.04 bits per heavy atom. The highest BCUT2D eigenvalue weighted by Crippen LogP contribution is 2.38. The molecule has 0 spiro atoms. The molecule has 236 valence electrons. The fourth-order valence-corrected chi connectivity index (χ4v) is 7.66. The highest BCUT2D eigenvalue weighted by atomic mass is 35.5. The van der Waals surface area contributed by atoms with Gasteiger partial charge in [0.1, 0.15) is 22.1 Å². The number of halogens is 1. The van der Waals surface area contributed by atoms with Gasteiger partial charge in [-0.3, -0.25) is 19.2 Å². The third kappa shape index (κ3) is 5.93. The lowest BCUT2D eigenvalue weighted by atomic mass is 9.83. The van der Waals surface area contributed by atoms with E-state index in [1.807, 2.05) is 6.07 Å². The second-order valence-corrected chi connectivity index (χ2v) is 13.5. The number of carbonyl (C=O) groups excluding carboxylic acids is 4. The highest BCUT2D eigenvalue weighted by molar-refractivity contribution is 7.99. The van der Waals surface area contributed by atoms with Gasteiger partial charge in [-0.15, -0.1) is 11.8 Å². The van der Waals surface area contributed by atoms with Crippen molar-refractivity contribution >= 4 is 105 Å². The van der Waals surface area contributed by atoms with Crippen molar-refractivity contribution in [3.8, 4) is 0 Å². The topological polar surface area (TPSA) is 120 Å². The Labute approximate surface area is 293 Å². The van der Waals surface area contributed by atoms with Crippen molar-refractivity contribution in [2.75, 3.05) is 11.5 Å². The maximum atomic E-state index is 12.9. The third-order valence-electron chi connectivity index (χ3n) is 7.46. The molecule has 0 fully saturated rings. The third-order valence-corrected chi connectivity index (χ3v) is 10.5. The van der Waals surface area contributed by atoms with Crippen LogP contribution in [0.5, 0.6) is 0 Å². The largest absolute Gasteiger partial charge is 0.289 e. The summed E-state index contributed by atoms with van der Waals surface area (Å²) >= 11 is 13.7. The Bertz CT molecular complexity index is 2230. The molecule has 0 aliphatic heterocycles. The van der Waals surface area contributed by atoms with Gasteiger partial charge in [0.15, 0.2) is 23.1 Å². The summed E-state index contributed by atoms with van der Waals surface area (Å²) in [5.41, 5.74) is 5.36. The van der Waals surface area contributed by atoms with Crippen molar-refractivity contribution in [3.05, 3.63) is 110 Å². The zero-order chi connectivity index (χ0) is 33.2. The van der Waals surface area contributed by atoms with Crippen LogP contribution in [0.15, 0.2) is 65.6 Å². The summed E-state index contributed by atoms with van der Waals surface area (Å²) in [4.78, 5) is 51.8. The van der Waals surface area contributed by atoms with Gasteiger partial charge in [-0.1, -0.05) is 74.0 Å². The normalized spacial score (nSPS) is 12.9. The summed E-state index contributed by atoms with van der Waals surface area (Å²) in [6.45, 7) is 4.21. The first kappa shape index (κ1) is 33.1. The van der Waals surface area contributed by atoms with Crippen LogP contribution in [0, 0.1) is 0 Å². The fourth-order valence-electron chi connectivity index (χ4n) is 5.28. The maximum absolute atomic E-state index is 12.9. The minimum Gasteiger partial charge on any atom is -0.289 e. The molecule has 2 aliphatic rings. The molecule has 6 aromatic rings. The molecule has 47 heavy (non-hydrogen) atoms. The average molecular weight is 717 g/mol. The molecule has 0 radical (unpaired) electrons. The van der Waals surface area contributed by atoms with E-state index in [0.29, 0.717) is 66.1 Å². The molecule has 4 aromatic carbocycles. The number of thioether (sulfide) groups is 1. The first-order valence-electron chi connectivity index (χ1n) is 14.7. The van der Waals surface area contributed by atoms with E-state index in [4.69, 9.17) is 11.6 Å². The fraction of sp³-hybridized carbons (Fsp3) is 0.176. The van der Waals surface area contributed by atoms with E-state index in [9.17, 15) is 19.2 Å². The van der Waals surface area contributed by atoms with Gasteiger partial charge in [0, 0.05) is 38.3 Å². The quantitative estimate of drug-likeness (QED) is 0.141. The van der Waals surface area contributed by atoms with E-state index in [1.54, 1.807) is 60.3 Å². The van der Waals surface area contributed by atoms with Crippen LogP contribution in [0.25, 0.3) is 22.1 Å². The van der Waals surface area contributed by atoms with E-state index in [2.05, 4.69) is 44.0 Å². The molecule has 0 unspecified atom stereocenters. The number of hydrogen-bond donors (Lipinski definition) is 1. The second kappa shape index (κ2) is 14.1. The van der Waals surface area contributed by atoms with Crippen molar-refractivity contribution in [3.63, 3.8) is 0 Å². The minimum absolute atomic E-state index is 0.108.